The number of amides is 3. The van der Waals surface area contributed by atoms with Crippen molar-refractivity contribution in [1.82, 2.24) is 4.57 Å². The molecule has 0 spiro atoms. The molecule has 3 heterocycles. The number of methoxy groups -OCH3 is 1. The summed E-state index contributed by atoms with van der Waals surface area (Å²) in [6, 6.07) is 19.7. The van der Waals surface area contributed by atoms with Crippen LogP contribution in [-0.4, -0.2) is 34.6 Å². The van der Waals surface area contributed by atoms with E-state index in [1.54, 1.807) is 18.2 Å². The molecule has 0 unspecified atom stereocenters. The second-order valence-corrected chi connectivity index (χ2v) is 11.9. The van der Waals surface area contributed by atoms with E-state index in [1.165, 1.54) is 40.8 Å². The van der Waals surface area contributed by atoms with Crippen molar-refractivity contribution in [3.63, 3.8) is 0 Å². The van der Waals surface area contributed by atoms with Crippen molar-refractivity contribution in [3.8, 4) is 5.75 Å². The van der Waals surface area contributed by atoms with Crippen LogP contribution in [0.4, 0.5) is 15.8 Å². The maximum absolute atomic E-state index is 14.0. The van der Waals surface area contributed by atoms with Crippen LogP contribution in [0.3, 0.4) is 0 Å². The van der Waals surface area contributed by atoms with Gasteiger partial charge in [-0.15, -0.1) is 0 Å². The number of hydrogen-bond acceptors (Lipinski definition) is 7. The number of benzene rings is 3. The normalized spacial score (nSPS) is 19.6. The third-order valence-corrected chi connectivity index (χ3v) is 9.85. The first kappa shape index (κ1) is 27.0. The van der Waals surface area contributed by atoms with E-state index >= 15 is 0 Å². The second kappa shape index (κ2) is 10.6. The monoisotopic (exact) mass is 589 g/mol. The van der Waals surface area contributed by atoms with Crippen LogP contribution in [-0.2, 0) is 20.9 Å². The standard InChI is InChI=1S/C30H24FN3O5S2/c1-16-7-13-19(14-8-16)34-27(36)24-23(20-5-3-4-6-21(20)39-2)26-29(40-25(24)28(34)37)33(30(38)41-26)15-22(35)32-18-11-9-17(31)10-12-18/h3-14,23-25H,15H2,1-2H3,(H,32,35)/t23-,24-,25+/m0/s1. The average molecular weight is 590 g/mol. The Balaban J connectivity index is 1.43. The maximum atomic E-state index is 14.0. The largest absolute Gasteiger partial charge is 0.496 e. The molecule has 2 aliphatic rings. The number of aromatic nitrogens is 1. The lowest BCUT2D eigenvalue weighted by atomic mass is 9.82. The number of nitrogens with zero attached hydrogens (tertiary/aromatic N) is 2. The summed E-state index contributed by atoms with van der Waals surface area (Å²) in [5.41, 5.74) is 2.55. The molecule has 2 aliphatic heterocycles. The highest BCUT2D eigenvalue weighted by Gasteiger charge is 2.57. The highest BCUT2D eigenvalue weighted by molar-refractivity contribution is 8.00. The SMILES string of the molecule is COc1ccccc1[C@@H]1c2sc(=O)n(CC(=O)Nc3ccc(F)cc3)c2S[C@H]2C(=O)N(c3ccc(C)cc3)C(=O)[C@@H]12. The predicted octanol–water partition coefficient (Wildman–Crippen LogP) is 4.80. The number of aryl methyl sites for hydroxylation is 1. The number of anilines is 2. The second-order valence-electron chi connectivity index (χ2n) is 9.81. The first-order valence-electron chi connectivity index (χ1n) is 12.8. The van der Waals surface area contributed by atoms with Gasteiger partial charge in [-0.2, -0.15) is 0 Å². The number of nitrogens with one attached hydrogen (secondary N) is 1. The lowest BCUT2D eigenvalue weighted by Gasteiger charge is -2.31. The molecule has 1 aromatic heterocycles. The van der Waals surface area contributed by atoms with Gasteiger partial charge in [0.2, 0.25) is 17.7 Å². The van der Waals surface area contributed by atoms with Gasteiger partial charge >= 0.3 is 4.87 Å². The molecule has 0 radical (unpaired) electrons. The number of para-hydroxylation sites is 1. The Morgan fingerprint density at radius 1 is 0.976 bits per heavy atom. The fraction of sp³-hybridized carbons (Fsp3) is 0.200. The van der Waals surface area contributed by atoms with Crippen LogP contribution in [0.5, 0.6) is 5.75 Å². The molecule has 1 saturated heterocycles. The fourth-order valence-corrected chi connectivity index (χ4v) is 8.10. The molecule has 0 saturated carbocycles. The first-order chi connectivity index (χ1) is 19.8. The minimum atomic E-state index is -0.813. The Kier molecular flexibility index (Phi) is 7.00. The van der Waals surface area contributed by atoms with Gasteiger partial charge in [-0.3, -0.25) is 23.7 Å². The number of halogens is 1. The van der Waals surface area contributed by atoms with Gasteiger partial charge in [0.15, 0.2) is 0 Å². The van der Waals surface area contributed by atoms with Crippen LogP contribution in [0.2, 0.25) is 0 Å². The van der Waals surface area contributed by atoms with Crippen molar-refractivity contribution in [2.45, 2.75) is 29.7 Å². The van der Waals surface area contributed by atoms with Gasteiger partial charge in [0, 0.05) is 22.0 Å². The van der Waals surface area contributed by atoms with Gasteiger partial charge in [0.05, 0.1) is 23.7 Å². The van der Waals surface area contributed by atoms with Gasteiger partial charge in [-0.1, -0.05) is 59.0 Å². The Morgan fingerprint density at radius 2 is 1.68 bits per heavy atom. The van der Waals surface area contributed by atoms with E-state index < -0.39 is 28.8 Å². The summed E-state index contributed by atoms with van der Waals surface area (Å²) < 4.78 is 20.3. The molecule has 4 aromatic rings. The molecular formula is C30H24FN3O5S2. The topological polar surface area (TPSA) is 97.7 Å². The van der Waals surface area contributed by atoms with Crippen molar-refractivity contribution in [1.29, 1.82) is 0 Å². The average Bonchev–Trinajstić information content (AvgIpc) is 3.41. The van der Waals surface area contributed by atoms with Crippen LogP contribution >= 0.6 is 23.1 Å². The summed E-state index contributed by atoms with van der Waals surface area (Å²) in [6.45, 7) is 1.61. The Labute approximate surface area is 242 Å². The molecule has 3 amide bonds. The molecule has 3 aromatic carbocycles. The number of rotatable bonds is 6. The highest BCUT2D eigenvalue weighted by Crippen LogP contribution is 2.55. The number of imide groups is 1. The number of ether oxygens (including phenoxy) is 1. The number of fused-ring (bicyclic) bond motifs is 2. The lowest BCUT2D eigenvalue weighted by molar-refractivity contribution is -0.122. The molecule has 0 bridgehead atoms. The molecule has 6 rings (SSSR count). The summed E-state index contributed by atoms with van der Waals surface area (Å²) in [6.07, 6.45) is 0. The quantitative estimate of drug-likeness (QED) is 0.325. The summed E-state index contributed by atoms with van der Waals surface area (Å²) in [5, 5.41) is 2.34. The number of thioether (sulfide) groups is 1. The molecule has 208 valence electrons. The van der Waals surface area contributed by atoms with Crippen molar-refractivity contribution < 1.29 is 23.5 Å². The van der Waals surface area contributed by atoms with Crippen LogP contribution in [0.25, 0.3) is 0 Å². The number of hydrogen-bond donors (Lipinski definition) is 1. The predicted molar refractivity (Wildman–Crippen MR) is 155 cm³/mol. The van der Waals surface area contributed by atoms with E-state index in [1.807, 2.05) is 37.3 Å². The zero-order valence-corrected chi connectivity index (χ0v) is 23.6. The van der Waals surface area contributed by atoms with E-state index in [9.17, 15) is 23.6 Å². The smallest absolute Gasteiger partial charge is 0.308 e. The highest BCUT2D eigenvalue weighted by atomic mass is 32.2. The van der Waals surface area contributed by atoms with Crippen molar-refractivity contribution in [2.75, 3.05) is 17.3 Å². The zero-order valence-electron chi connectivity index (χ0n) is 22.0. The van der Waals surface area contributed by atoms with E-state index in [0.29, 0.717) is 32.6 Å². The molecule has 11 heteroatoms. The van der Waals surface area contributed by atoms with Crippen molar-refractivity contribution in [2.24, 2.45) is 5.92 Å². The Morgan fingerprint density at radius 3 is 2.39 bits per heavy atom. The first-order valence-corrected chi connectivity index (χ1v) is 14.5. The number of thiazole rings is 1. The van der Waals surface area contributed by atoms with E-state index in [2.05, 4.69) is 5.32 Å². The molecule has 1 N–H and O–H groups in total. The minimum absolute atomic E-state index is 0.311. The summed E-state index contributed by atoms with van der Waals surface area (Å²) in [7, 11) is 1.53. The van der Waals surface area contributed by atoms with Crippen LogP contribution in [0.15, 0.2) is 82.6 Å². The Bertz CT molecular complexity index is 1730. The molecule has 1 fully saturated rings. The fourth-order valence-electron chi connectivity index (χ4n) is 5.34. The van der Waals surface area contributed by atoms with Gasteiger partial charge in [0.25, 0.3) is 0 Å². The van der Waals surface area contributed by atoms with Gasteiger partial charge < -0.3 is 10.1 Å². The summed E-state index contributed by atoms with van der Waals surface area (Å²) >= 11 is 2.10. The van der Waals surface area contributed by atoms with Crippen LogP contribution < -0.4 is 19.8 Å². The van der Waals surface area contributed by atoms with Gasteiger partial charge in [0.1, 0.15) is 23.4 Å². The summed E-state index contributed by atoms with van der Waals surface area (Å²) in [5.74, 6) is -2.53. The van der Waals surface area contributed by atoms with Gasteiger partial charge in [-0.25, -0.2) is 9.29 Å². The summed E-state index contributed by atoms with van der Waals surface area (Å²) in [4.78, 5) is 55.5. The third kappa shape index (κ3) is 4.74. The minimum Gasteiger partial charge on any atom is -0.496 e. The van der Waals surface area contributed by atoms with Gasteiger partial charge in [-0.05, 0) is 49.4 Å². The van der Waals surface area contributed by atoms with Crippen LogP contribution in [0.1, 0.15) is 21.9 Å². The molecular weight excluding hydrogens is 565 g/mol. The molecule has 0 aliphatic carbocycles. The van der Waals surface area contributed by atoms with Crippen molar-refractivity contribution in [3.05, 3.63) is 104 Å². The molecule has 41 heavy (non-hydrogen) atoms. The third-order valence-electron chi connectivity index (χ3n) is 7.25. The van der Waals surface area contributed by atoms with Crippen molar-refractivity contribution >= 4 is 52.2 Å². The Hall–Kier alpha value is -4.22. The molecule has 3 atom stereocenters. The van der Waals surface area contributed by atoms with E-state index in [0.717, 1.165) is 28.7 Å². The zero-order chi connectivity index (χ0) is 28.8. The molecule has 8 nitrogen and oxygen atoms in total. The van der Waals surface area contributed by atoms with E-state index in [4.69, 9.17) is 4.74 Å². The maximum Gasteiger partial charge on any atom is 0.308 e. The number of carbonyl (C=O) groups excluding carboxylic acids is 3. The lowest BCUT2D eigenvalue weighted by Crippen LogP contribution is -2.33. The number of carbonyl (C=O) groups is 3. The van der Waals surface area contributed by atoms with E-state index in [-0.39, 0.29) is 23.2 Å². The van der Waals surface area contributed by atoms with Crippen LogP contribution in [0, 0.1) is 18.7 Å².